The molecule has 1 aliphatic heterocycles. The second-order valence-electron chi connectivity index (χ2n) is 7.74. The van der Waals surface area contributed by atoms with E-state index in [9.17, 15) is 0 Å². The van der Waals surface area contributed by atoms with Crippen molar-refractivity contribution in [1.29, 1.82) is 0 Å². The van der Waals surface area contributed by atoms with Gasteiger partial charge in [-0.1, -0.05) is 54.1 Å². The average Bonchev–Trinajstić information content (AvgIpc) is 3.27. The summed E-state index contributed by atoms with van der Waals surface area (Å²) >= 11 is 0. The van der Waals surface area contributed by atoms with Crippen molar-refractivity contribution in [3.8, 4) is 11.1 Å². The number of nitrogens with two attached hydrogens (primary N) is 1. The summed E-state index contributed by atoms with van der Waals surface area (Å²) in [4.78, 5) is 2.48. The summed E-state index contributed by atoms with van der Waals surface area (Å²) in [6.45, 7) is 6.58. The number of hydrogen-bond donors (Lipinski definition) is 2. The highest BCUT2D eigenvalue weighted by Gasteiger charge is 2.37. The fraction of sp³-hybridized carbons (Fsp3) is 0.455. The molecule has 2 aliphatic rings. The molecular formula is C22H29N3. The number of nitrogens with zero attached hydrogens (tertiary/aromatic N) is 1. The Balaban J connectivity index is 1.27. The minimum atomic E-state index is 0.389. The number of hydrogen-bond acceptors (Lipinski definition) is 3. The molecule has 1 aliphatic carbocycles. The first-order valence-corrected chi connectivity index (χ1v) is 9.57. The van der Waals surface area contributed by atoms with Gasteiger partial charge in [-0.2, -0.15) is 0 Å². The molecule has 3 atom stereocenters. The highest BCUT2D eigenvalue weighted by Crippen LogP contribution is 2.41. The Hall–Kier alpha value is -1.68. The van der Waals surface area contributed by atoms with E-state index < -0.39 is 0 Å². The van der Waals surface area contributed by atoms with E-state index in [0.717, 1.165) is 32.6 Å². The lowest BCUT2D eigenvalue weighted by Gasteiger charge is -2.15. The van der Waals surface area contributed by atoms with Crippen LogP contribution in [0.3, 0.4) is 0 Å². The molecule has 3 heteroatoms. The molecule has 0 bridgehead atoms. The average molecular weight is 335 g/mol. The van der Waals surface area contributed by atoms with E-state index in [-0.39, 0.29) is 0 Å². The Bertz CT molecular complexity index is 709. The van der Waals surface area contributed by atoms with Gasteiger partial charge in [0.2, 0.25) is 0 Å². The molecular weight excluding hydrogens is 306 g/mol. The van der Waals surface area contributed by atoms with Gasteiger partial charge in [-0.25, -0.2) is 0 Å². The molecule has 2 aromatic rings. The summed E-state index contributed by atoms with van der Waals surface area (Å²) in [6, 6.07) is 18.9. The summed E-state index contributed by atoms with van der Waals surface area (Å²) in [5, 5.41) is 3.72. The van der Waals surface area contributed by atoms with Gasteiger partial charge in [-0.15, -0.1) is 0 Å². The zero-order chi connectivity index (χ0) is 17.2. The van der Waals surface area contributed by atoms with Crippen molar-refractivity contribution < 1.29 is 0 Å². The van der Waals surface area contributed by atoms with E-state index in [1.807, 2.05) is 0 Å². The third-order valence-corrected chi connectivity index (χ3v) is 5.62. The Morgan fingerprint density at radius 3 is 2.68 bits per heavy atom. The monoisotopic (exact) mass is 335 g/mol. The van der Waals surface area contributed by atoms with Gasteiger partial charge >= 0.3 is 0 Å². The van der Waals surface area contributed by atoms with Crippen LogP contribution in [0.1, 0.15) is 29.9 Å². The predicted molar refractivity (Wildman–Crippen MR) is 105 cm³/mol. The zero-order valence-corrected chi connectivity index (χ0v) is 15.1. The lowest BCUT2D eigenvalue weighted by Crippen LogP contribution is -2.33. The molecule has 0 radical (unpaired) electrons. The van der Waals surface area contributed by atoms with Gasteiger partial charge in [0.15, 0.2) is 0 Å². The smallest absolute Gasteiger partial charge is 0.0180 e. The molecule has 3 N–H and O–H groups in total. The minimum Gasteiger partial charge on any atom is -0.326 e. The summed E-state index contributed by atoms with van der Waals surface area (Å²) in [5.74, 6) is 0.687. The van der Waals surface area contributed by atoms with Crippen molar-refractivity contribution in [2.45, 2.75) is 37.8 Å². The Kier molecular flexibility index (Phi) is 4.89. The van der Waals surface area contributed by atoms with Crippen molar-refractivity contribution in [1.82, 2.24) is 10.2 Å². The molecule has 2 aromatic carbocycles. The van der Waals surface area contributed by atoms with Gasteiger partial charge in [0.05, 0.1) is 0 Å². The van der Waals surface area contributed by atoms with Crippen LogP contribution >= 0.6 is 0 Å². The van der Waals surface area contributed by atoms with E-state index in [2.05, 4.69) is 65.7 Å². The normalized spacial score (nSPS) is 26.1. The second-order valence-corrected chi connectivity index (χ2v) is 7.74. The van der Waals surface area contributed by atoms with Crippen LogP contribution in [-0.4, -0.2) is 43.2 Å². The van der Waals surface area contributed by atoms with Crippen molar-refractivity contribution in [2.75, 3.05) is 26.2 Å². The van der Waals surface area contributed by atoms with Crippen LogP contribution in [0.5, 0.6) is 0 Å². The van der Waals surface area contributed by atoms with Gasteiger partial charge in [0.1, 0.15) is 0 Å². The van der Waals surface area contributed by atoms with Crippen molar-refractivity contribution >= 4 is 0 Å². The molecule has 1 saturated carbocycles. The fourth-order valence-corrected chi connectivity index (χ4v) is 4.01. The maximum atomic E-state index is 5.97. The molecule has 132 valence electrons. The highest BCUT2D eigenvalue weighted by molar-refractivity contribution is 5.64. The van der Waals surface area contributed by atoms with E-state index in [1.165, 1.54) is 28.7 Å². The van der Waals surface area contributed by atoms with Crippen LogP contribution in [0.15, 0.2) is 48.5 Å². The zero-order valence-electron chi connectivity index (χ0n) is 15.1. The van der Waals surface area contributed by atoms with Crippen molar-refractivity contribution in [3.05, 3.63) is 59.7 Å². The molecule has 1 unspecified atom stereocenters. The van der Waals surface area contributed by atoms with Gasteiger partial charge < -0.3 is 16.0 Å². The van der Waals surface area contributed by atoms with E-state index in [1.54, 1.807) is 0 Å². The summed E-state index contributed by atoms with van der Waals surface area (Å²) in [5.41, 5.74) is 11.4. The summed E-state index contributed by atoms with van der Waals surface area (Å²) < 4.78 is 0. The van der Waals surface area contributed by atoms with Crippen LogP contribution in [0, 0.1) is 6.92 Å². The number of nitrogens with one attached hydrogen (secondary N) is 1. The Morgan fingerprint density at radius 1 is 1.12 bits per heavy atom. The maximum absolute atomic E-state index is 5.97. The highest BCUT2D eigenvalue weighted by atomic mass is 15.2. The summed E-state index contributed by atoms with van der Waals surface area (Å²) in [7, 11) is 0. The van der Waals surface area contributed by atoms with Crippen LogP contribution in [0.25, 0.3) is 11.1 Å². The molecule has 1 heterocycles. The van der Waals surface area contributed by atoms with E-state index in [0.29, 0.717) is 18.0 Å². The maximum Gasteiger partial charge on any atom is 0.0180 e. The van der Waals surface area contributed by atoms with Crippen LogP contribution in [0.2, 0.25) is 0 Å². The predicted octanol–water partition coefficient (Wildman–Crippen LogP) is 3.14. The molecule has 0 spiro atoms. The number of benzene rings is 2. The van der Waals surface area contributed by atoms with Gasteiger partial charge in [-0.05, 0) is 43.0 Å². The molecule has 2 fully saturated rings. The quantitative estimate of drug-likeness (QED) is 0.852. The molecule has 0 amide bonds. The number of rotatable bonds is 6. The van der Waals surface area contributed by atoms with Crippen LogP contribution in [-0.2, 0) is 0 Å². The molecule has 25 heavy (non-hydrogen) atoms. The minimum absolute atomic E-state index is 0.389. The van der Waals surface area contributed by atoms with Gasteiger partial charge in [0.25, 0.3) is 0 Å². The first-order valence-electron chi connectivity index (χ1n) is 9.57. The summed E-state index contributed by atoms with van der Waals surface area (Å²) in [6.07, 6.45) is 2.42. The standard InChI is InChI=1S/C22H29N3/c1-16-3-2-4-19(13-16)17-5-7-18(8-6-17)21-14-22(21)24-10-12-25-11-9-20(23)15-25/h2-8,13,20-22,24H,9-12,14-15,23H2,1H3/t20-,21?,22-/m0/s1. The molecule has 1 saturated heterocycles. The van der Waals surface area contributed by atoms with Crippen LogP contribution in [0.4, 0.5) is 0 Å². The van der Waals surface area contributed by atoms with Crippen molar-refractivity contribution in [3.63, 3.8) is 0 Å². The Morgan fingerprint density at radius 2 is 1.96 bits per heavy atom. The molecule has 3 nitrogen and oxygen atoms in total. The third kappa shape index (κ3) is 4.12. The fourth-order valence-electron chi connectivity index (χ4n) is 4.01. The lowest BCUT2D eigenvalue weighted by molar-refractivity contribution is 0.331. The largest absolute Gasteiger partial charge is 0.326 e. The SMILES string of the molecule is Cc1cccc(-c2ccc(C3C[C@@H]3NCCN3CC[C@H](N)C3)cc2)c1. The topological polar surface area (TPSA) is 41.3 Å². The first-order chi connectivity index (χ1) is 12.2. The Labute approximate surface area is 151 Å². The molecule has 0 aromatic heterocycles. The lowest BCUT2D eigenvalue weighted by atomic mass is 10.0. The number of aryl methyl sites for hydroxylation is 1. The van der Waals surface area contributed by atoms with Crippen molar-refractivity contribution in [2.24, 2.45) is 5.73 Å². The van der Waals surface area contributed by atoms with Gasteiger partial charge in [-0.3, -0.25) is 0 Å². The molecule has 4 rings (SSSR count). The van der Waals surface area contributed by atoms with E-state index >= 15 is 0 Å². The van der Waals surface area contributed by atoms with Crippen LogP contribution < -0.4 is 11.1 Å². The second kappa shape index (κ2) is 7.28. The number of likely N-dealkylation sites (tertiary alicyclic amines) is 1. The third-order valence-electron chi connectivity index (χ3n) is 5.62. The van der Waals surface area contributed by atoms with Gasteiger partial charge in [0, 0.05) is 37.6 Å². The van der Waals surface area contributed by atoms with E-state index in [4.69, 9.17) is 5.73 Å². The first kappa shape index (κ1) is 16.8.